The number of fused-ring (bicyclic) bond motifs is 2. The third-order valence-corrected chi connectivity index (χ3v) is 13.5. The summed E-state index contributed by atoms with van der Waals surface area (Å²) in [4.78, 5) is 28.6. The molecule has 0 spiro atoms. The molecule has 0 amide bonds. The van der Waals surface area contributed by atoms with E-state index < -0.39 is 140 Å². The van der Waals surface area contributed by atoms with Gasteiger partial charge in [-0.2, -0.15) is 0 Å². The SMILES string of the molecule is COC(C(=O)C(O)C(C)O)C1Cc2cc3cc(OC4CCC(O)C(C)O4)c(C)c(O)c3c(O)c2C(=O)C1OC1CC(OC2CC(OC3CC(O)C(O)C(C)O3)C(O)C(C)O2)C(O)C(C)O1. The van der Waals surface area contributed by atoms with Gasteiger partial charge in [0.15, 0.2) is 36.7 Å². The van der Waals surface area contributed by atoms with Gasteiger partial charge in [0.05, 0.1) is 65.9 Å². The van der Waals surface area contributed by atoms with Gasteiger partial charge in [0.25, 0.3) is 0 Å². The minimum Gasteiger partial charge on any atom is -0.507 e. The van der Waals surface area contributed by atoms with Crippen molar-refractivity contribution in [1.29, 1.82) is 0 Å². The van der Waals surface area contributed by atoms with Crippen molar-refractivity contribution < 1.29 is 98.2 Å². The average molecular weight is 925 g/mol. The molecule has 4 aliphatic heterocycles. The molecule has 2 aromatic rings. The fourth-order valence-corrected chi connectivity index (χ4v) is 9.55. The molecule has 0 saturated carbocycles. The molecule has 4 saturated heterocycles. The van der Waals surface area contributed by atoms with E-state index in [0.29, 0.717) is 12.8 Å². The van der Waals surface area contributed by atoms with Gasteiger partial charge in [-0.25, -0.2) is 0 Å². The van der Waals surface area contributed by atoms with E-state index in [1.54, 1.807) is 46.8 Å². The molecule has 20 unspecified atom stereocenters. The summed E-state index contributed by atoms with van der Waals surface area (Å²) in [7, 11) is 1.20. The Labute approximate surface area is 375 Å². The van der Waals surface area contributed by atoms with Crippen LogP contribution in [0.5, 0.6) is 17.2 Å². The summed E-state index contributed by atoms with van der Waals surface area (Å²) in [6, 6.07) is 3.15. The Hall–Kier alpha value is -3.16. The monoisotopic (exact) mass is 924 g/mol. The summed E-state index contributed by atoms with van der Waals surface area (Å²) in [6.45, 7) is 9.26. The maximum Gasteiger partial charge on any atom is 0.200 e. The van der Waals surface area contributed by atoms with Crippen LogP contribution in [-0.4, -0.2) is 181 Å². The highest BCUT2D eigenvalue weighted by atomic mass is 16.7. The number of rotatable bonds is 13. The number of hydrogen-bond acceptors (Lipinski definition) is 20. The molecule has 1 aliphatic carbocycles. The molecule has 7 rings (SSSR count). The second kappa shape index (κ2) is 20.2. The first-order valence-electron chi connectivity index (χ1n) is 22.3. The topological polar surface area (TPSA) is 299 Å². The Balaban J connectivity index is 1.16. The Morgan fingerprint density at radius 2 is 1.28 bits per heavy atom. The van der Waals surface area contributed by atoms with Gasteiger partial charge in [0, 0.05) is 44.3 Å². The third kappa shape index (κ3) is 10.2. The molecule has 20 atom stereocenters. The minimum absolute atomic E-state index is 0.0313. The molecule has 0 radical (unpaired) electrons. The maximum absolute atomic E-state index is 14.8. The summed E-state index contributed by atoms with van der Waals surface area (Å²) in [5, 5.41) is 97.3. The number of aromatic hydroxyl groups is 2. The largest absolute Gasteiger partial charge is 0.507 e. The van der Waals surface area contributed by atoms with E-state index in [9.17, 15) is 55.5 Å². The van der Waals surface area contributed by atoms with E-state index in [0.717, 1.165) is 0 Å². The van der Waals surface area contributed by atoms with E-state index in [-0.39, 0.29) is 64.6 Å². The maximum atomic E-state index is 14.8. The second-order valence-electron chi connectivity index (χ2n) is 18.2. The number of aliphatic hydroxyl groups is 7. The van der Waals surface area contributed by atoms with Gasteiger partial charge in [-0.05, 0) is 77.5 Å². The first kappa shape index (κ1) is 49.7. The van der Waals surface area contributed by atoms with Gasteiger partial charge >= 0.3 is 0 Å². The van der Waals surface area contributed by atoms with Crippen LogP contribution < -0.4 is 4.74 Å². The number of carbonyl (C=O) groups is 2. The van der Waals surface area contributed by atoms with Gasteiger partial charge in [0.2, 0.25) is 0 Å². The fraction of sp³-hybridized carbons (Fsp3) is 0.733. The molecular formula is C45H64O20. The summed E-state index contributed by atoms with van der Waals surface area (Å²) in [5.41, 5.74) is 0.292. The van der Waals surface area contributed by atoms with Crippen LogP contribution in [0.1, 0.15) is 88.2 Å². The third-order valence-electron chi connectivity index (χ3n) is 13.5. The number of ketones is 2. The molecule has 4 fully saturated rings. The van der Waals surface area contributed by atoms with Crippen molar-refractivity contribution in [3.05, 3.63) is 28.8 Å². The Bertz CT molecular complexity index is 2000. The van der Waals surface area contributed by atoms with Crippen molar-refractivity contribution >= 4 is 22.3 Å². The van der Waals surface area contributed by atoms with Crippen LogP contribution in [0, 0.1) is 12.8 Å². The minimum atomic E-state index is -1.90. The quantitative estimate of drug-likeness (QED) is 0.132. The predicted octanol–water partition coefficient (Wildman–Crippen LogP) is 0.509. The molecule has 4 heterocycles. The van der Waals surface area contributed by atoms with E-state index in [1.165, 1.54) is 14.0 Å². The fourth-order valence-electron chi connectivity index (χ4n) is 9.55. The van der Waals surface area contributed by atoms with Gasteiger partial charge in [0.1, 0.15) is 53.9 Å². The molecule has 65 heavy (non-hydrogen) atoms. The number of ether oxygens (including phenoxy) is 9. The number of aliphatic hydroxyl groups excluding tert-OH is 7. The average Bonchev–Trinajstić information content (AvgIpc) is 3.24. The molecule has 9 N–H and O–H groups in total. The predicted molar refractivity (Wildman–Crippen MR) is 223 cm³/mol. The van der Waals surface area contributed by atoms with Crippen molar-refractivity contribution in [2.75, 3.05) is 7.11 Å². The van der Waals surface area contributed by atoms with Crippen molar-refractivity contribution in [3.8, 4) is 17.2 Å². The molecule has 5 aliphatic rings. The zero-order valence-corrected chi connectivity index (χ0v) is 37.5. The summed E-state index contributed by atoms with van der Waals surface area (Å²) in [5.74, 6) is -3.63. The van der Waals surface area contributed by atoms with E-state index in [2.05, 4.69) is 0 Å². The second-order valence-corrected chi connectivity index (χ2v) is 18.2. The Kier molecular flexibility index (Phi) is 15.5. The summed E-state index contributed by atoms with van der Waals surface area (Å²) >= 11 is 0. The summed E-state index contributed by atoms with van der Waals surface area (Å²) in [6.07, 6.45) is -20.4. The highest BCUT2D eigenvalue weighted by Gasteiger charge is 2.50. The number of carbonyl (C=O) groups excluding carboxylic acids is 2. The molecule has 364 valence electrons. The number of methoxy groups -OCH3 is 1. The smallest absolute Gasteiger partial charge is 0.200 e. The first-order chi connectivity index (χ1) is 30.7. The van der Waals surface area contributed by atoms with Crippen LogP contribution >= 0.6 is 0 Å². The number of Topliss-reactive ketones (excluding diaryl/α,β-unsaturated/α-hetero) is 2. The van der Waals surface area contributed by atoms with Crippen molar-refractivity contribution in [2.45, 2.75) is 197 Å². The lowest BCUT2D eigenvalue weighted by Crippen LogP contribution is -2.57. The van der Waals surface area contributed by atoms with E-state index in [4.69, 9.17) is 42.6 Å². The Morgan fingerprint density at radius 1 is 0.723 bits per heavy atom. The van der Waals surface area contributed by atoms with Crippen LogP contribution in [0.4, 0.5) is 0 Å². The van der Waals surface area contributed by atoms with Crippen LogP contribution in [0.2, 0.25) is 0 Å². The van der Waals surface area contributed by atoms with Gasteiger partial charge in [-0.15, -0.1) is 0 Å². The lowest BCUT2D eigenvalue weighted by molar-refractivity contribution is -0.329. The molecule has 0 bridgehead atoms. The highest BCUT2D eigenvalue weighted by molar-refractivity contribution is 6.11. The normalized spacial score (nSPS) is 39.4. The van der Waals surface area contributed by atoms with Crippen LogP contribution in [0.15, 0.2) is 12.1 Å². The van der Waals surface area contributed by atoms with Crippen molar-refractivity contribution in [3.63, 3.8) is 0 Å². The van der Waals surface area contributed by atoms with Crippen LogP contribution in [-0.2, 0) is 49.1 Å². The number of phenols is 2. The molecule has 2 aromatic carbocycles. The number of hydrogen-bond donors (Lipinski definition) is 9. The Morgan fingerprint density at radius 3 is 1.83 bits per heavy atom. The van der Waals surface area contributed by atoms with E-state index in [1.807, 2.05) is 0 Å². The van der Waals surface area contributed by atoms with Gasteiger partial charge < -0.3 is 88.6 Å². The zero-order chi connectivity index (χ0) is 47.3. The highest BCUT2D eigenvalue weighted by Crippen LogP contribution is 2.47. The van der Waals surface area contributed by atoms with Gasteiger partial charge in [-0.3, -0.25) is 9.59 Å². The standard InChI is InChI=1S/C45H64O20/c1-16-27(62-30-9-8-25(47)18(3)58-30)12-23-10-22-11-24(44(57-7)43(56)37(50)17(2)46)45(42(55)35(22)41(54)34(23)36(16)49)65-33-15-29(40(53)21(6)61-33)64-32-14-28(39(52)20(5)60-32)63-31-13-26(48)38(51)19(4)59-31/h10,12,17-21,24-26,28-33,37-40,44-54H,8-9,11,13-15H2,1-7H3. The van der Waals surface area contributed by atoms with Crippen molar-refractivity contribution in [1.82, 2.24) is 0 Å². The summed E-state index contributed by atoms with van der Waals surface area (Å²) < 4.78 is 54.0. The van der Waals surface area contributed by atoms with Gasteiger partial charge in [-0.1, -0.05) is 0 Å². The van der Waals surface area contributed by atoms with Crippen molar-refractivity contribution in [2.24, 2.45) is 5.92 Å². The van der Waals surface area contributed by atoms with Crippen LogP contribution in [0.25, 0.3) is 10.8 Å². The molecule has 20 nitrogen and oxygen atoms in total. The number of phenolic OH excluding ortho intramolecular Hbond substituents is 2. The molecular weight excluding hydrogens is 860 g/mol. The lowest BCUT2D eigenvalue weighted by Gasteiger charge is -2.45. The molecule has 20 heteroatoms. The van der Waals surface area contributed by atoms with Crippen LogP contribution in [0.3, 0.4) is 0 Å². The number of benzene rings is 2. The molecule has 0 aromatic heterocycles. The van der Waals surface area contributed by atoms with E-state index >= 15 is 0 Å². The zero-order valence-electron chi connectivity index (χ0n) is 37.5. The first-order valence-corrected chi connectivity index (χ1v) is 22.3. The lowest BCUT2D eigenvalue weighted by atomic mass is 9.75.